The fourth-order valence-electron chi connectivity index (χ4n) is 2.62. The minimum absolute atomic E-state index is 0.695. The summed E-state index contributed by atoms with van der Waals surface area (Å²) in [4.78, 5) is 2.67. The zero-order chi connectivity index (χ0) is 11.2. The first-order chi connectivity index (χ1) is 7.86. The van der Waals surface area contributed by atoms with Crippen molar-refractivity contribution in [3.8, 4) is 0 Å². The third-order valence-corrected chi connectivity index (χ3v) is 3.64. The second-order valence-electron chi connectivity index (χ2n) is 4.99. The van der Waals surface area contributed by atoms with Gasteiger partial charge in [0.2, 0.25) is 0 Å². The maximum atomic E-state index is 2.67. The molecule has 0 bridgehead atoms. The summed E-state index contributed by atoms with van der Waals surface area (Å²) in [5.74, 6) is 0. The topological polar surface area (TPSA) is 3.24 Å². The highest BCUT2D eigenvalue weighted by atomic mass is 15.1. The van der Waals surface area contributed by atoms with Crippen molar-refractivity contribution >= 4 is 0 Å². The molecule has 1 nitrogen and oxygen atoms in total. The maximum absolute atomic E-state index is 2.67. The van der Waals surface area contributed by atoms with Gasteiger partial charge in [0.25, 0.3) is 0 Å². The average molecular weight is 217 g/mol. The molecule has 1 saturated heterocycles. The van der Waals surface area contributed by atoms with E-state index in [1.807, 2.05) is 0 Å². The molecule has 1 atom stereocenters. The van der Waals surface area contributed by atoms with Gasteiger partial charge >= 0.3 is 0 Å². The zero-order valence-corrected chi connectivity index (χ0v) is 10.4. The molecular formula is C15H23N. The molecule has 0 saturated carbocycles. The van der Waals surface area contributed by atoms with Crippen molar-refractivity contribution < 1.29 is 0 Å². The molecule has 1 aliphatic heterocycles. The van der Waals surface area contributed by atoms with Crippen molar-refractivity contribution in [1.82, 2.24) is 4.90 Å². The van der Waals surface area contributed by atoms with Crippen molar-refractivity contribution in [1.29, 1.82) is 0 Å². The molecule has 1 aliphatic rings. The summed E-state index contributed by atoms with van der Waals surface area (Å²) in [6.45, 7) is 4.97. The van der Waals surface area contributed by atoms with Crippen molar-refractivity contribution in [2.24, 2.45) is 0 Å². The van der Waals surface area contributed by atoms with E-state index in [0.717, 1.165) is 0 Å². The van der Waals surface area contributed by atoms with Crippen LogP contribution in [0.25, 0.3) is 0 Å². The zero-order valence-electron chi connectivity index (χ0n) is 10.4. The highest BCUT2D eigenvalue weighted by Gasteiger charge is 2.15. The number of hydrogen-bond donors (Lipinski definition) is 0. The molecular weight excluding hydrogens is 194 g/mol. The lowest BCUT2D eigenvalue weighted by atomic mass is 10.1. The molecule has 1 heteroatoms. The SMILES string of the molecule is CC(Cc1ccccc1)N1CCCCCC1. The summed E-state index contributed by atoms with van der Waals surface area (Å²) in [5.41, 5.74) is 1.47. The van der Waals surface area contributed by atoms with Gasteiger partial charge in [-0.2, -0.15) is 0 Å². The normalized spacial score (nSPS) is 20.3. The van der Waals surface area contributed by atoms with Crippen molar-refractivity contribution in [2.75, 3.05) is 13.1 Å². The van der Waals surface area contributed by atoms with E-state index in [9.17, 15) is 0 Å². The maximum Gasteiger partial charge on any atom is 0.0107 e. The van der Waals surface area contributed by atoms with Crippen LogP contribution < -0.4 is 0 Å². The Morgan fingerprint density at radius 3 is 2.25 bits per heavy atom. The Labute approximate surface area is 99.5 Å². The van der Waals surface area contributed by atoms with Gasteiger partial charge in [0, 0.05) is 6.04 Å². The van der Waals surface area contributed by atoms with Gasteiger partial charge in [-0.1, -0.05) is 43.2 Å². The van der Waals surface area contributed by atoms with Gasteiger partial charge in [-0.05, 0) is 44.8 Å². The monoisotopic (exact) mass is 217 g/mol. The smallest absolute Gasteiger partial charge is 0.0107 e. The van der Waals surface area contributed by atoms with Crippen LogP contribution in [0.5, 0.6) is 0 Å². The Balaban J connectivity index is 1.89. The molecule has 0 aromatic heterocycles. The van der Waals surface area contributed by atoms with E-state index < -0.39 is 0 Å². The Bertz CT molecular complexity index is 286. The molecule has 16 heavy (non-hydrogen) atoms. The van der Waals surface area contributed by atoms with Gasteiger partial charge in [0.15, 0.2) is 0 Å². The summed E-state index contributed by atoms with van der Waals surface area (Å²) in [6.07, 6.45) is 6.82. The Kier molecular flexibility index (Phi) is 4.41. The predicted octanol–water partition coefficient (Wildman–Crippen LogP) is 3.49. The molecule has 1 aromatic rings. The van der Waals surface area contributed by atoms with Crippen molar-refractivity contribution in [3.63, 3.8) is 0 Å². The highest BCUT2D eigenvalue weighted by Crippen LogP contribution is 2.15. The summed E-state index contributed by atoms with van der Waals surface area (Å²) in [6, 6.07) is 11.6. The first kappa shape index (κ1) is 11.7. The van der Waals surface area contributed by atoms with Crippen LogP contribution in [0.3, 0.4) is 0 Å². The second-order valence-corrected chi connectivity index (χ2v) is 4.99. The van der Waals surface area contributed by atoms with Crippen LogP contribution in [0.2, 0.25) is 0 Å². The quantitative estimate of drug-likeness (QED) is 0.749. The molecule has 2 rings (SSSR count). The minimum Gasteiger partial charge on any atom is -0.300 e. The van der Waals surface area contributed by atoms with Gasteiger partial charge in [0.1, 0.15) is 0 Å². The molecule has 0 radical (unpaired) electrons. The van der Waals surface area contributed by atoms with Crippen LogP contribution in [0.15, 0.2) is 30.3 Å². The molecule has 0 aliphatic carbocycles. The molecule has 0 N–H and O–H groups in total. The predicted molar refractivity (Wildman–Crippen MR) is 69.6 cm³/mol. The molecule has 1 unspecified atom stereocenters. The van der Waals surface area contributed by atoms with Crippen LogP contribution in [0.1, 0.15) is 38.2 Å². The van der Waals surface area contributed by atoms with E-state index >= 15 is 0 Å². The third-order valence-electron chi connectivity index (χ3n) is 3.64. The van der Waals surface area contributed by atoms with Gasteiger partial charge in [-0.15, -0.1) is 0 Å². The van der Waals surface area contributed by atoms with E-state index in [-0.39, 0.29) is 0 Å². The van der Waals surface area contributed by atoms with Gasteiger partial charge in [0.05, 0.1) is 0 Å². The molecule has 1 fully saturated rings. The minimum atomic E-state index is 0.695. The second kappa shape index (κ2) is 6.05. The van der Waals surface area contributed by atoms with E-state index in [1.54, 1.807) is 0 Å². The highest BCUT2D eigenvalue weighted by molar-refractivity contribution is 5.15. The van der Waals surface area contributed by atoms with E-state index in [1.165, 1.54) is 50.8 Å². The first-order valence-corrected chi connectivity index (χ1v) is 6.64. The molecule has 1 aromatic carbocycles. The Hall–Kier alpha value is -0.820. The number of nitrogens with zero attached hydrogens (tertiary/aromatic N) is 1. The van der Waals surface area contributed by atoms with Crippen LogP contribution in [-0.4, -0.2) is 24.0 Å². The number of rotatable bonds is 3. The fourth-order valence-corrected chi connectivity index (χ4v) is 2.62. The number of hydrogen-bond acceptors (Lipinski definition) is 1. The molecule has 0 amide bonds. The third kappa shape index (κ3) is 3.34. The van der Waals surface area contributed by atoms with Crippen molar-refractivity contribution in [3.05, 3.63) is 35.9 Å². The number of benzene rings is 1. The summed E-state index contributed by atoms with van der Waals surface area (Å²) >= 11 is 0. The Morgan fingerprint density at radius 1 is 1.00 bits per heavy atom. The van der Waals surface area contributed by atoms with Crippen LogP contribution in [-0.2, 0) is 6.42 Å². The largest absolute Gasteiger partial charge is 0.300 e. The molecule has 88 valence electrons. The average Bonchev–Trinajstić information content (AvgIpc) is 2.59. The number of likely N-dealkylation sites (tertiary alicyclic amines) is 1. The van der Waals surface area contributed by atoms with Crippen LogP contribution in [0.4, 0.5) is 0 Å². The van der Waals surface area contributed by atoms with E-state index in [2.05, 4.69) is 42.2 Å². The molecule has 1 heterocycles. The van der Waals surface area contributed by atoms with Gasteiger partial charge in [-0.3, -0.25) is 0 Å². The van der Waals surface area contributed by atoms with Crippen LogP contribution in [0, 0.1) is 0 Å². The summed E-state index contributed by atoms with van der Waals surface area (Å²) in [5, 5.41) is 0. The van der Waals surface area contributed by atoms with Crippen molar-refractivity contribution in [2.45, 2.75) is 45.1 Å². The van der Waals surface area contributed by atoms with Gasteiger partial charge < -0.3 is 4.90 Å². The summed E-state index contributed by atoms with van der Waals surface area (Å²) in [7, 11) is 0. The van der Waals surface area contributed by atoms with Crippen LogP contribution >= 0.6 is 0 Å². The Morgan fingerprint density at radius 2 is 1.62 bits per heavy atom. The fraction of sp³-hybridized carbons (Fsp3) is 0.600. The lowest BCUT2D eigenvalue weighted by Crippen LogP contribution is -2.35. The summed E-state index contributed by atoms with van der Waals surface area (Å²) < 4.78 is 0. The standard InChI is InChI=1S/C15H23N/c1-14(13-15-9-5-4-6-10-15)16-11-7-2-3-8-12-16/h4-6,9-10,14H,2-3,7-8,11-13H2,1H3. The van der Waals surface area contributed by atoms with Gasteiger partial charge in [-0.25, -0.2) is 0 Å². The lowest BCUT2D eigenvalue weighted by molar-refractivity contribution is 0.216. The molecule has 0 spiro atoms. The van der Waals surface area contributed by atoms with E-state index in [0.29, 0.717) is 6.04 Å². The lowest BCUT2D eigenvalue weighted by Gasteiger charge is -2.27. The first-order valence-electron chi connectivity index (χ1n) is 6.64. The van der Waals surface area contributed by atoms with E-state index in [4.69, 9.17) is 0 Å².